The minimum Gasteiger partial charge on any atom is -0.337 e. The highest BCUT2D eigenvalue weighted by atomic mass is 32.2. The van der Waals surface area contributed by atoms with Gasteiger partial charge in [0, 0.05) is 32.9 Å². The normalized spacial score (nSPS) is 24.3. The third-order valence-corrected chi connectivity index (χ3v) is 5.24. The predicted octanol–water partition coefficient (Wildman–Crippen LogP) is 0.0863. The molecule has 0 spiro atoms. The van der Waals surface area contributed by atoms with Gasteiger partial charge >= 0.3 is 0 Å². The molecule has 1 saturated carbocycles. The Hall–Kier alpha value is -0.920. The van der Waals surface area contributed by atoms with Gasteiger partial charge in [-0.1, -0.05) is 0 Å². The van der Waals surface area contributed by atoms with E-state index < -0.39 is 10.0 Å². The Balaban J connectivity index is 2.10. The number of imidazole rings is 1. The summed E-state index contributed by atoms with van der Waals surface area (Å²) in [5.41, 5.74) is 5.70. The molecule has 0 aromatic carbocycles. The van der Waals surface area contributed by atoms with Crippen LogP contribution in [-0.4, -0.2) is 41.9 Å². The van der Waals surface area contributed by atoms with Gasteiger partial charge in [0.05, 0.1) is 0 Å². The molecule has 0 unspecified atom stereocenters. The highest BCUT2D eigenvalue weighted by Gasteiger charge is 2.31. The van der Waals surface area contributed by atoms with Gasteiger partial charge in [-0.15, -0.1) is 0 Å². The molecule has 0 atom stereocenters. The number of aromatic nitrogens is 2. The zero-order valence-corrected chi connectivity index (χ0v) is 11.8. The van der Waals surface area contributed by atoms with Crippen LogP contribution >= 0.6 is 0 Å². The first kappa shape index (κ1) is 13.5. The Morgan fingerprint density at radius 2 is 2.17 bits per heavy atom. The molecule has 2 rings (SSSR count). The van der Waals surface area contributed by atoms with E-state index in [-0.39, 0.29) is 11.1 Å². The van der Waals surface area contributed by atoms with E-state index in [0.29, 0.717) is 18.3 Å². The molecule has 7 heteroatoms. The van der Waals surface area contributed by atoms with Crippen molar-refractivity contribution in [2.75, 3.05) is 13.6 Å². The number of aryl methyl sites for hydroxylation is 2. The van der Waals surface area contributed by atoms with Crippen LogP contribution in [-0.2, 0) is 17.1 Å². The highest BCUT2D eigenvalue weighted by Crippen LogP contribution is 2.27. The van der Waals surface area contributed by atoms with Crippen LogP contribution in [0.5, 0.6) is 0 Å². The van der Waals surface area contributed by atoms with Gasteiger partial charge in [-0.25, -0.2) is 13.4 Å². The molecule has 1 aliphatic rings. The molecule has 2 N–H and O–H groups in total. The summed E-state index contributed by atoms with van der Waals surface area (Å²) in [5, 5.41) is 0.119. The van der Waals surface area contributed by atoms with Gasteiger partial charge in [-0.05, 0) is 25.7 Å². The van der Waals surface area contributed by atoms with Crippen molar-refractivity contribution in [1.29, 1.82) is 0 Å². The minimum absolute atomic E-state index is 0.119. The van der Waals surface area contributed by atoms with Crippen molar-refractivity contribution >= 4 is 10.0 Å². The average Bonchev–Trinajstić information content (AvgIpc) is 2.57. The molecule has 0 saturated heterocycles. The Morgan fingerprint density at radius 1 is 1.56 bits per heavy atom. The topological polar surface area (TPSA) is 81.2 Å². The molecule has 102 valence electrons. The van der Waals surface area contributed by atoms with Crippen LogP contribution in [0.1, 0.15) is 18.7 Å². The third-order valence-electron chi connectivity index (χ3n) is 3.55. The molecule has 1 heterocycles. The maximum absolute atomic E-state index is 12.3. The Bertz CT molecular complexity index is 512. The van der Waals surface area contributed by atoms with Gasteiger partial charge in [0.15, 0.2) is 5.03 Å². The summed E-state index contributed by atoms with van der Waals surface area (Å²) in [7, 11) is -0.0844. The van der Waals surface area contributed by atoms with Gasteiger partial charge in [0.2, 0.25) is 0 Å². The zero-order chi connectivity index (χ0) is 13.5. The third kappa shape index (κ3) is 2.43. The molecule has 1 aromatic rings. The zero-order valence-electron chi connectivity index (χ0n) is 11.0. The lowest BCUT2D eigenvalue weighted by molar-refractivity contribution is 0.227. The van der Waals surface area contributed by atoms with Crippen molar-refractivity contribution in [2.24, 2.45) is 18.7 Å². The number of hydrogen-bond donors (Lipinski definition) is 1. The smallest absolute Gasteiger partial charge is 0.261 e. The SMILES string of the molecule is Cc1nc(S(=O)(=O)N(C)CC2CC(N)C2)cn1C. The molecule has 0 radical (unpaired) electrons. The molecule has 0 aliphatic heterocycles. The average molecular weight is 272 g/mol. The molecular weight excluding hydrogens is 252 g/mol. The highest BCUT2D eigenvalue weighted by molar-refractivity contribution is 7.89. The molecular formula is C11H20N4O2S. The van der Waals surface area contributed by atoms with Crippen LogP contribution in [0, 0.1) is 12.8 Å². The van der Waals surface area contributed by atoms with E-state index in [4.69, 9.17) is 5.73 Å². The predicted molar refractivity (Wildman–Crippen MR) is 68.5 cm³/mol. The molecule has 1 fully saturated rings. The largest absolute Gasteiger partial charge is 0.337 e. The van der Waals surface area contributed by atoms with E-state index in [1.807, 2.05) is 0 Å². The second-order valence-corrected chi connectivity index (χ2v) is 7.11. The van der Waals surface area contributed by atoms with E-state index in [0.717, 1.165) is 12.8 Å². The standard InChI is InChI=1S/C11H20N4O2S/c1-8-13-11(7-14(8)2)18(16,17)15(3)6-9-4-10(12)5-9/h7,9-10H,4-6,12H2,1-3H3. The van der Waals surface area contributed by atoms with Crippen LogP contribution in [0.2, 0.25) is 0 Å². The summed E-state index contributed by atoms with van der Waals surface area (Å²) in [6, 6.07) is 0.239. The monoisotopic (exact) mass is 272 g/mol. The van der Waals surface area contributed by atoms with Gasteiger partial charge in [-0.3, -0.25) is 0 Å². The summed E-state index contributed by atoms with van der Waals surface area (Å²) in [4.78, 5) is 4.08. The molecule has 1 aliphatic carbocycles. The van der Waals surface area contributed by atoms with Gasteiger partial charge in [0.25, 0.3) is 10.0 Å². The Kier molecular flexibility index (Phi) is 3.48. The van der Waals surface area contributed by atoms with E-state index in [9.17, 15) is 8.42 Å². The minimum atomic E-state index is -3.47. The summed E-state index contributed by atoms with van der Waals surface area (Å²) in [6.07, 6.45) is 3.36. The number of sulfonamides is 1. The number of hydrogen-bond acceptors (Lipinski definition) is 4. The number of rotatable bonds is 4. The molecule has 0 amide bonds. The summed E-state index contributed by atoms with van der Waals surface area (Å²) in [5.74, 6) is 1.07. The lowest BCUT2D eigenvalue weighted by atomic mass is 9.81. The fourth-order valence-electron chi connectivity index (χ4n) is 2.21. The maximum atomic E-state index is 12.3. The lowest BCUT2D eigenvalue weighted by Crippen LogP contribution is -2.43. The summed E-state index contributed by atoms with van der Waals surface area (Å²) < 4.78 is 27.6. The van der Waals surface area contributed by atoms with E-state index in [2.05, 4.69) is 4.98 Å². The molecule has 1 aromatic heterocycles. The Labute approximate surface area is 108 Å². The van der Waals surface area contributed by atoms with Gasteiger partial charge < -0.3 is 10.3 Å². The van der Waals surface area contributed by atoms with Crippen LogP contribution in [0.25, 0.3) is 0 Å². The Morgan fingerprint density at radius 3 is 2.61 bits per heavy atom. The van der Waals surface area contributed by atoms with E-state index in [1.54, 1.807) is 31.8 Å². The number of nitrogens with zero attached hydrogens (tertiary/aromatic N) is 3. The molecule has 6 nitrogen and oxygen atoms in total. The first-order chi connectivity index (χ1) is 8.30. The van der Waals surface area contributed by atoms with Crippen molar-refractivity contribution in [3.63, 3.8) is 0 Å². The summed E-state index contributed by atoms with van der Waals surface area (Å²) >= 11 is 0. The van der Waals surface area contributed by atoms with E-state index >= 15 is 0 Å². The van der Waals surface area contributed by atoms with Crippen LogP contribution in [0.4, 0.5) is 0 Å². The van der Waals surface area contributed by atoms with Crippen molar-refractivity contribution in [1.82, 2.24) is 13.9 Å². The van der Waals surface area contributed by atoms with E-state index in [1.165, 1.54) is 4.31 Å². The quantitative estimate of drug-likeness (QED) is 0.842. The second kappa shape index (κ2) is 4.64. The first-order valence-electron chi connectivity index (χ1n) is 6.02. The maximum Gasteiger partial charge on any atom is 0.261 e. The molecule has 0 bridgehead atoms. The lowest BCUT2D eigenvalue weighted by Gasteiger charge is -2.34. The van der Waals surface area contributed by atoms with Crippen molar-refractivity contribution in [3.05, 3.63) is 12.0 Å². The molecule has 18 heavy (non-hydrogen) atoms. The summed E-state index contributed by atoms with van der Waals surface area (Å²) in [6.45, 7) is 2.30. The van der Waals surface area contributed by atoms with Gasteiger partial charge in [0.1, 0.15) is 5.82 Å². The van der Waals surface area contributed by atoms with Crippen LogP contribution in [0.3, 0.4) is 0 Å². The van der Waals surface area contributed by atoms with Crippen molar-refractivity contribution in [3.8, 4) is 0 Å². The van der Waals surface area contributed by atoms with Crippen LogP contribution in [0.15, 0.2) is 11.2 Å². The van der Waals surface area contributed by atoms with Crippen molar-refractivity contribution < 1.29 is 8.42 Å². The van der Waals surface area contributed by atoms with Crippen molar-refractivity contribution in [2.45, 2.75) is 30.8 Å². The second-order valence-electron chi connectivity index (χ2n) is 5.12. The fourth-order valence-corrected chi connectivity index (χ4v) is 3.47. The number of nitrogens with two attached hydrogens (primary N) is 1. The first-order valence-corrected chi connectivity index (χ1v) is 7.46. The fraction of sp³-hybridized carbons (Fsp3) is 0.727. The van der Waals surface area contributed by atoms with Crippen LogP contribution < -0.4 is 5.73 Å². The van der Waals surface area contributed by atoms with Gasteiger partial charge in [-0.2, -0.15) is 4.31 Å².